The molecule has 0 amide bonds. The number of benzene rings is 1. The third kappa shape index (κ3) is 3.71. The van der Waals surface area contributed by atoms with Crippen LogP contribution in [0, 0.1) is 6.92 Å². The fourth-order valence-corrected chi connectivity index (χ4v) is 2.81. The molecule has 1 aromatic rings. The number of nitrogens with one attached hydrogen (secondary N) is 1. The lowest BCUT2D eigenvalue weighted by molar-refractivity contribution is 0.258. The Bertz CT molecular complexity index is 395. The molecule has 0 atom stereocenters. The number of piperazine rings is 1. The van der Waals surface area contributed by atoms with E-state index in [1.165, 1.54) is 42.9 Å². The zero-order valence-corrected chi connectivity index (χ0v) is 12.6. The largest absolute Gasteiger partial charge is 0.369 e. The van der Waals surface area contributed by atoms with Gasteiger partial charge in [-0.05, 0) is 50.2 Å². The zero-order chi connectivity index (χ0) is 13.7. The van der Waals surface area contributed by atoms with E-state index < -0.39 is 0 Å². The molecule has 2 rings (SSSR count). The summed E-state index contributed by atoms with van der Waals surface area (Å²) in [5, 5.41) is 3.22. The summed E-state index contributed by atoms with van der Waals surface area (Å²) in [5.41, 5.74) is 4.17. The molecule has 106 valence electrons. The molecule has 3 heteroatoms. The van der Waals surface area contributed by atoms with Gasteiger partial charge >= 0.3 is 0 Å². The van der Waals surface area contributed by atoms with Crippen LogP contribution in [0.3, 0.4) is 0 Å². The van der Waals surface area contributed by atoms with Crippen LogP contribution >= 0.6 is 0 Å². The van der Waals surface area contributed by atoms with Crippen molar-refractivity contribution in [1.29, 1.82) is 0 Å². The maximum absolute atomic E-state index is 3.22. The highest BCUT2D eigenvalue weighted by atomic mass is 15.3. The van der Waals surface area contributed by atoms with Crippen LogP contribution in [0.25, 0.3) is 0 Å². The van der Waals surface area contributed by atoms with Gasteiger partial charge in [-0.2, -0.15) is 0 Å². The van der Waals surface area contributed by atoms with Crippen molar-refractivity contribution in [3.63, 3.8) is 0 Å². The Kier molecular flexibility index (Phi) is 5.23. The fourth-order valence-electron chi connectivity index (χ4n) is 2.81. The van der Waals surface area contributed by atoms with Crippen molar-refractivity contribution in [2.45, 2.75) is 26.8 Å². The average Bonchev–Trinajstić information content (AvgIpc) is 2.43. The van der Waals surface area contributed by atoms with Gasteiger partial charge in [0.2, 0.25) is 0 Å². The molecule has 1 aliphatic heterocycles. The normalized spacial score (nSPS) is 16.9. The van der Waals surface area contributed by atoms with E-state index in [0.717, 1.165) is 19.6 Å². The standard InChI is InChI=1S/C16H27N3/c1-4-7-18-8-10-19(11-9-18)16-6-5-15(13-17-3)14(2)12-16/h5-6,12,17H,4,7-11,13H2,1-3H3. The maximum Gasteiger partial charge on any atom is 0.0369 e. The van der Waals surface area contributed by atoms with Gasteiger partial charge in [0.05, 0.1) is 0 Å². The van der Waals surface area contributed by atoms with Crippen LogP contribution in [-0.2, 0) is 6.54 Å². The lowest BCUT2D eigenvalue weighted by Gasteiger charge is -2.36. The topological polar surface area (TPSA) is 18.5 Å². The van der Waals surface area contributed by atoms with E-state index >= 15 is 0 Å². The van der Waals surface area contributed by atoms with Crippen molar-refractivity contribution >= 4 is 5.69 Å². The first-order valence-corrected chi connectivity index (χ1v) is 7.46. The summed E-state index contributed by atoms with van der Waals surface area (Å²) >= 11 is 0. The molecule has 0 aliphatic carbocycles. The van der Waals surface area contributed by atoms with Crippen LogP contribution in [0.5, 0.6) is 0 Å². The van der Waals surface area contributed by atoms with Gasteiger partial charge in [0.1, 0.15) is 0 Å². The van der Waals surface area contributed by atoms with Crippen LogP contribution in [-0.4, -0.2) is 44.7 Å². The second-order valence-corrected chi connectivity index (χ2v) is 5.47. The maximum atomic E-state index is 3.22. The summed E-state index contributed by atoms with van der Waals surface area (Å²) in [6.07, 6.45) is 1.26. The Morgan fingerprint density at radius 3 is 2.47 bits per heavy atom. The monoisotopic (exact) mass is 261 g/mol. The smallest absolute Gasteiger partial charge is 0.0369 e. The second-order valence-electron chi connectivity index (χ2n) is 5.47. The number of nitrogens with zero attached hydrogens (tertiary/aromatic N) is 2. The molecule has 0 saturated carbocycles. The minimum absolute atomic E-state index is 0.955. The average molecular weight is 261 g/mol. The number of anilines is 1. The highest BCUT2D eigenvalue weighted by Gasteiger charge is 2.16. The van der Waals surface area contributed by atoms with Crippen LogP contribution in [0.4, 0.5) is 5.69 Å². The van der Waals surface area contributed by atoms with Gasteiger partial charge in [-0.25, -0.2) is 0 Å². The van der Waals surface area contributed by atoms with Crippen LogP contribution in [0.1, 0.15) is 24.5 Å². The lowest BCUT2D eigenvalue weighted by Crippen LogP contribution is -2.46. The van der Waals surface area contributed by atoms with Gasteiger partial charge in [-0.1, -0.05) is 13.0 Å². The molecule has 1 aliphatic rings. The van der Waals surface area contributed by atoms with Crippen molar-refractivity contribution in [1.82, 2.24) is 10.2 Å². The molecule has 1 fully saturated rings. The third-order valence-electron chi connectivity index (χ3n) is 3.97. The molecule has 1 N–H and O–H groups in total. The first-order valence-electron chi connectivity index (χ1n) is 7.46. The van der Waals surface area contributed by atoms with Gasteiger partial charge in [0.15, 0.2) is 0 Å². The SMILES string of the molecule is CCCN1CCN(c2ccc(CNC)c(C)c2)CC1. The summed E-state index contributed by atoms with van der Waals surface area (Å²) in [4.78, 5) is 5.08. The van der Waals surface area contributed by atoms with Gasteiger partial charge in [-0.3, -0.25) is 4.90 Å². The Hall–Kier alpha value is -1.06. The molecule has 3 nitrogen and oxygen atoms in total. The molecule has 0 bridgehead atoms. The summed E-state index contributed by atoms with van der Waals surface area (Å²) in [5.74, 6) is 0. The summed E-state index contributed by atoms with van der Waals surface area (Å²) in [6.45, 7) is 11.4. The van der Waals surface area contributed by atoms with Crippen LogP contribution in [0.15, 0.2) is 18.2 Å². The Morgan fingerprint density at radius 1 is 1.16 bits per heavy atom. The fraction of sp³-hybridized carbons (Fsp3) is 0.625. The first-order chi connectivity index (χ1) is 9.24. The third-order valence-corrected chi connectivity index (χ3v) is 3.97. The summed E-state index contributed by atoms with van der Waals surface area (Å²) < 4.78 is 0. The van der Waals surface area contributed by atoms with E-state index in [0.29, 0.717) is 0 Å². The first kappa shape index (κ1) is 14.4. The van der Waals surface area contributed by atoms with Crippen molar-refractivity contribution in [2.75, 3.05) is 44.7 Å². The van der Waals surface area contributed by atoms with Crippen LogP contribution < -0.4 is 10.2 Å². The van der Waals surface area contributed by atoms with Gasteiger partial charge in [0.25, 0.3) is 0 Å². The minimum atomic E-state index is 0.955. The van der Waals surface area contributed by atoms with Crippen molar-refractivity contribution in [2.24, 2.45) is 0 Å². The molecule has 0 aromatic heterocycles. The zero-order valence-electron chi connectivity index (χ0n) is 12.6. The van der Waals surface area contributed by atoms with Gasteiger partial charge < -0.3 is 10.2 Å². The number of hydrogen-bond donors (Lipinski definition) is 1. The van der Waals surface area contributed by atoms with E-state index in [9.17, 15) is 0 Å². The molecule has 1 heterocycles. The number of aryl methyl sites for hydroxylation is 1. The second kappa shape index (κ2) is 6.92. The number of hydrogen-bond acceptors (Lipinski definition) is 3. The van der Waals surface area contributed by atoms with Gasteiger partial charge in [-0.15, -0.1) is 0 Å². The summed E-state index contributed by atoms with van der Waals surface area (Å²) in [7, 11) is 2.00. The molecule has 1 saturated heterocycles. The van der Waals surface area contributed by atoms with Crippen molar-refractivity contribution in [3.05, 3.63) is 29.3 Å². The molecule has 0 radical (unpaired) electrons. The molecular formula is C16H27N3. The Balaban J connectivity index is 1.97. The number of rotatable bonds is 5. The lowest BCUT2D eigenvalue weighted by atomic mass is 10.1. The van der Waals surface area contributed by atoms with E-state index in [4.69, 9.17) is 0 Å². The Morgan fingerprint density at radius 2 is 1.89 bits per heavy atom. The summed E-state index contributed by atoms with van der Waals surface area (Å²) in [6, 6.07) is 6.87. The molecule has 0 spiro atoms. The predicted octanol–water partition coefficient (Wildman–Crippen LogP) is 2.25. The van der Waals surface area contributed by atoms with E-state index in [1.807, 2.05) is 7.05 Å². The van der Waals surface area contributed by atoms with Crippen molar-refractivity contribution in [3.8, 4) is 0 Å². The molecular weight excluding hydrogens is 234 g/mol. The molecule has 19 heavy (non-hydrogen) atoms. The molecule has 0 unspecified atom stereocenters. The van der Waals surface area contributed by atoms with E-state index in [2.05, 4.69) is 47.2 Å². The minimum Gasteiger partial charge on any atom is -0.369 e. The van der Waals surface area contributed by atoms with E-state index in [1.54, 1.807) is 0 Å². The van der Waals surface area contributed by atoms with Gasteiger partial charge in [0, 0.05) is 38.4 Å². The van der Waals surface area contributed by atoms with E-state index in [-0.39, 0.29) is 0 Å². The highest BCUT2D eigenvalue weighted by Crippen LogP contribution is 2.20. The predicted molar refractivity (Wildman–Crippen MR) is 82.9 cm³/mol. The van der Waals surface area contributed by atoms with Crippen molar-refractivity contribution < 1.29 is 0 Å². The van der Waals surface area contributed by atoms with Crippen LogP contribution in [0.2, 0.25) is 0 Å². The quantitative estimate of drug-likeness (QED) is 0.877. The highest BCUT2D eigenvalue weighted by molar-refractivity contribution is 5.51. The molecule has 1 aromatic carbocycles. The Labute approximate surface area is 117 Å².